The van der Waals surface area contributed by atoms with Crippen molar-refractivity contribution < 1.29 is 14.3 Å². The fourth-order valence-corrected chi connectivity index (χ4v) is 2.32. The second kappa shape index (κ2) is 9.96. The van der Waals surface area contributed by atoms with Crippen LogP contribution in [0.3, 0.4) is 0 Å². The molecular formula is C19H22ClNO3. The second-order valence-electron chi connectivity index (χ2n) is 5.27. The number of halogens is 1. The first-order chi connectivity index (χ1) is 11.7. The molecule has 0 fully saturated rings. The molecule has 2 rings (SSSR count). The minimum absolute atomic E-state index is 0.166. The summed E-state index contributed by atoms with van der Waals surface area (Å²) in [4.78, 5) is 12.2. The van der Waals surface area contributed by atoms with Crippen LogP contribution in [0.15, 0.2) is 54.6 Å². The molecule has 1 amide bonds. The molecule has 0 saturated carbocycles. The van der Waals surface area contributed by atoms with Crippen LogP contribution in [-0.2, 0) is 16.1 Å². The van der Waals surface area contributed by atoms with Gasteiger partial charge in [-0.1, -0.05) is 61.0 Å². The number of para-hydroxylation sites is 1. The molecule has 0 radical (unpaired) electrons. The summed E-state index contributed by atoms with van der Waals surface area (Å²) in [6.45, 7) is 3.31. The maximum atomic E-state index is 12.2. The fourth-order valence-electron chi connectivity index (χ4n) is 2.14. The van der Waals surface area contributed by atoms with Gasteiger partial charge in [-0.3, -0.25) is 4.79 Å². The van der Waals surface area contributed by atoms with Crippen molar-refractivity contribution in [3.63, 3.8) is 0 Å². The smallest absolute Gasteiger partial charge is 0.261 e. The Kier molecular flexibility index (Phi) is 7.59. The topological polar surface area (TPSA) is 47.6 Å². The maximum absolute atomic E-state index is 12.2. The Labute approximate surface area is 147 Å². The van der Waals surface area contributed by atoms with Gasteiger partial charge in [0.2, 0.25) is 0 Å². The van der Waals surface area contributed by atoms with E-state index < -0.39 is 6.10 Å². The average molecular weight is 348 g/mol. The lowest BCUT2D eigenvalue weighted by atomic mass is 10.2. The normalized spacial score (nSPS) is 11.8. The van der Waals surface area contributed by atoms with Crippen LogP contribution in [0.5, 0.6) is 5.75 Å². The zero-order valence-electron chi connectivity index (χ0n) is 13.7. The molecule has 0 aliphatic heterocycles. The Balaban J connectivity index is 1.71. The Hall–Kier alpha value is -2.04. The minimum atomic E-state index is -0.570. The molecule has 0 aliphatic rings. The molecule has 1 N–H and O–H groups in total. The maximum Gasteiger partial charge on any atom is 0.261 e. The van der Waals surface area contributed by atoms with Crippen LogP contribution in [0.4, 0.5) is 0 Å². The zero-order chi connectivity index (χ0) is 17.2. The van der Waals surface area contributed by atoms with Crippen molar-refractivity contribution in [2.45, 2.75) is 26.1 Å². The molecule has 1 atom stereocenters. The van der Waals surface area contributed by atoms with E-state index in [1.54, 1.807) is 12.1 Å². The van der Waals surface area contributed by atoms with Gasteiger partial charge in [0.1, 0.15) is 5.75 Å². The summed E-state index contributed by atoms with van der Waals surface area (Å²) in [5, 5.41) is 3.32. The van der Waals surface area contributed by atoms with Gasteiger partial charge < -0.3 is 14.8 Å². The predicted molar refractivity (Wildman–Crippen MR) is 95.3 cm³/mol. The SMILES string of the molecule is CC[C@@H](Oc1ccccc1Cl)C(=O)NCCOCc1ccccc1. The lowest BCUT2D eigenvalue weighted by Gasteiger charge is -2.18. The van der Waals surface area contributed by atoms with Crippen molar-refractivity contribution in [2.24, 2.45) is 0 Å². The van der Waals surface area contributed by atoms with Crippen LogP contribution in [-0.4, -0.2) is 25.2 Å². The van der Waals surface area contributed by atoms with Crippen molar-refractivity contribution in [3.05, 3.63) is 65.2 Å². The van der Waals surface area contributed by atoms with Gasteiger partial charge in [-0.05, 0) is 24.1 Å². The highest BCUT2D eigenvalue weighted by molar-refractivity contribution is 6.32. The van der Waals surface area contributed by atoms with Crippen molar-refractivity contribution in [1.29, 1.82) is 0 Å². The molecular weight excluding hydrogens is 326 g/mol. The highest BCUT2D eigenvalue weighted by Gasteiger charge is 2.18. The van der Waals surface area contributed by atoms with Crippen LogP contribution >= 0.6 is 11.6 Å². The van der Waals surface area contributed by atoms with Gasteiger partial charge in [0.25, 0.3) is 5.91 Å². The van der Waals surface area contributed by atoms with Gasteiger partial charge in [-0.15, -0.1) is 0 Å². The fraction of sp³-hybridized carbons (Fsp3) is 0.316. The van der Waals surface area contributed by atoms with Crippen molar-refractivity contribution in [3.8, 4) is 5.75 Å². The monoisotopic (exact) mass is 347 g/mol. The van der Waals surface area contributed by atoms with Crippen molar-refractivity contribution >= 4 is 17.5 Å². The Morgan fingerprint density at radius 2 is 1.83 bits per heavy atom. The molecule has 5 heteroatoms. The van der Waals surface area contributed by atoms with Crippen LogP contribution in [0.1, 0.15) is 18.9 Å². The number of hydrogen-bond donors (Lipinski definition) is 1. The third-order valence-electron chi connectivity index (χ3n) is 3.43. The van der Waals surface area contributed by atoms with E-state index in [2.05, 4.69) is 5.32 Å². The Morgan fingerprint density at radius 1 is 1.12 bits per heavy atom. The van der Waals surface area contributed by atoms with E-state index in [1.807, 2.05) is 49.4 Å². The molecule has 0 spiro atoms. The number of ether oxygens (including phenoxy) is 2. The molecule has 0 bridgehead atoms. The Bertz CT molecular complexity index is 634. The number of benzene rings is 2. The van der Waals surface area contributed by atoms with E-state index in [-0.39, 0.29) is 5.91 Å². The number of rotatable bonds is 9. The summed E-state index contributed by atoms with van der Waals surface area (Å²) >= 11 is 6.06. The first-order valence-electron chi connectivity index (χ1n) is 8.01. The second-order valence-corrected chi connectivity index (χ2v) is 5.68. The van der Waals surface area contributed by atoms with E-state index in [9.17, 15) is 4.79 Å². The van der Waals surface area contributed by atoms with Crippen LogP contribution < -0.4 is 10.1 Å². The van der Waals surface area contributed by atoms with Gasteiger partial charge >= 0.3 is 0 Å². The molecule has 128 valence electrons. The van der Waals surface area contributed by atoms with E-state index in [1.165, 1.54) is 0 Å². The summed E-state index contributed by atoms with van der Waals surface area (Å²) in [5.74, 6) is 0.349. The lowest BCUT2D eigenvalue weighted by Crippen LogP contribution is -2.39. The van der Waals surface area contributed by atoms with Crippen molar-refractivity contribution in [1.82, 2.24) is 5.32 Å². The van der Waals surface area contributed by atoms with Gasteiger partial charge in [0.15, 0.2) is 6.10 Å². The molecule has 0 saturated heterocycles. The predicted octanol–water partition coefficient (Wildman–Crippen LogP) is 3.83. The number of hydrogen-bond acceptors (Lipinski definition) is 3. The molecule has 0 aromatic heterocycles. The molecule has 2 aromatic rings. The average Bonchev–Trinajstić information content (AvgIpc) is 2.61. The van der Waals surface area contributed by atoms with Crippen LogP contribution in [0.25, 0.3) is 0 Å². The molecule has 0 aliphatic carbocycles. The zero-order valence-corrected chi connectivity index (χ0v) is 14.5. The van der Waals surface area contributed by atoms with E-state index >= 15 is 0 Å². The summed E-state index contributed by atoms with van der Waals surface area (Å²) in [7, 11) is 0. The summed E-state index contributed by atoms with van der Waals surface area (Å²) in [5.41, 5.74) is 1.11. The third kappa shape index (κ3) is 5.87. The number of amides is 1. The van der Waals surface area contributed by atoms with Gasteiger partial charge in [0, 0.05) is 6.54 Å². The summed E-state index contributed by atoms with van der Waals surface area (Å²) in [6, 6.07) is 17.0. The highest BCUT2D eigenvalue weighted by Crippen LogP contribution is 2.24. The standard InChI is InChI=1S/C19H22ClNO3/c1-2-17(24-18-11-7-6-10-16(18)20)19(22)21-12-13-23-14-15-8-4-3-5-9-15/h3-11,17H,2,12-14H2,1H3,(H,21,22)/t17-/m1/s1. The molecule has 2 aromatic carbocycles. The first kappa shape index (κ1) is 18.3. The number of carbonyl (C=O) groups excluding carboxylic acids is 1. The molecule has 0 heterocycles. The molecule has 24 heavy (non-hydrogen) atoms. The minimum Gasteiger partial charge on any atom is -0.479 e. The largest absolute Gasteiger partial charge is 0.479 e. The van der Waals surface area contributed by atoms with Gasteiger partial charge in [-0.2, -0.15) is 0 Å². The molecule has 4 nitrogen and oxygen atoms in total. The first-order valence-corrected chi connectivity index (χ1v) is 8.39. The van der Waals surface area contributed by atoms with E-state index in [4.69, 9.17) is 21.1 Å². The number of nitrogens with one attached hydrogen (secondary N) is 1. The van der Waals surface area contributed by atoms with Crippen LogP contribution in [0.2, 0.25) is 5.02 Å². The summed E-state index contributed by atoms with van der Waals surface area (Å²) in [6.07, 6.45) is -0.0129. The molecule has 0 unspecified atom stereocenters. The quantitative estimate of drug-likeness (QED) is 0.701. The summed E-state index contributed by atoms with van der Waals surface area (Å²) < 4.78 is 11.2. The third-order valence-corrected chi connectivity index (χ3v) is 3.74. The van der Waals surface area contributed by atoms with Crippen molar-refractivity contribution in [2.75, 3.05) is 13.2 Å². The number of carbonyl (C=O) groups is 1. The van der Waals surface area contributed by atoms with E-state index in [0.29, 0.717) is 37.0 Å². The van der Waals surface area contributed by atoms with Gasteiger partial charge in [-0.25, -0.2) is 0 Å². The Morgan fingerprint density at radius 3 is 2.54 bits per heavy atom. The van der Waals surface area contributed by atoms with E-state index in [0.717, 1.165) is 5.56 Å². The lowest BCUT2D eigenvalue weighted by molar-refractivity contribution is -0.128. The highest BCUT2D eigenvalue weighted by atomic mass is 35.5. The van der Waals surface area contributed by atoms with Crippen LogP contribution in [0, 0.1) is 0 Å². The van der Waals surface area contributed by atoms with Gasteiger partial charge in [0.05, 0.1) is 18.2 Å².